The van der Waals surface area contributed by atoms with Crippen LogP contribution in [0.15, 0.2) is 33.2 Å². The topological polar surface area (TPSA) is 173 Å². The summed E-state index contributed by atoms with van der Waals surface area (Å²) in [6.45, 7) is 2.39. The molecule has 2 amide bonds. The molecule has 0 spiro atoms. The average molecular weight is 602 g/mol. The number of halogens is 2. The highest BCUT2D eigenvalue weighted by atomic mass is 79.9. The fourth-order valence-corrected chi connectivity index (χ4v) is 4.33. The van der Waals surface area contributed by atoms with Crippen LogP contribution in [-0.4, -0.2) is 56.3 Å². The molecule has 2 aromatic carbocycles. The molecule has 2 atom stereocenters. The number of carbonyl (C=O) groups is 4. The number of benzene rings is 2. The summed E-state index contributed by atoms with van der Waals surface area (Å²) < 4.78 is 0.434. The van der Waals surface area contributed by atoms with Crippen molar-refractivity contribution < 1.29 is 39.6 Å². The van der Waals surface area contributed by atoms with Crippen molar-refractivity contribution >= 4 is 55.6 Å². The van der Waals surface area contributed by atoms with Crippen LogP contribution in [0, 0.1) is 0 Å². The molecule has 0 saturated heterocycles. The van der Waals surface area contributed by atoms with Crippen LogP contribution >= 0.6 is 31.9 Å². The van der Waals surface area contributed by atoms with Crippen molar-refractivity contribution in [1.82, 2.24) is 10.6 Å². The van der Waals surface area contributed by atoms with Crippen molar-refractivity contribution in [2.75, 3.05) is 0 Å². The standard InChI is InChI=1S/C22H22Br2N2O8/c1-9(27)25-17(21(31)32)7-11-3-13(19(29)15(23)5-11)14-4-12(6-16(24)20(14)30)8-18(22(33)34)26-10(2)28/h3-6,17-18,29-30H,7-8H2,1-2H3,(H,25,27)(H,26,28)(H,31,32)(H,33,34)/t17-,18-/m0/s1. The Hall–Kier alpha value is -3.12. The Morgan fingerprint density at radius 1 is 0.735 bits per heavy atom. The van der Waals surface area contributed by atoms with E-state index in [-0.39, 0.29) is 44.4 Å². The normalized spacial score (nSPS) is 12.5. The van der Waals surface area contributed by atoms with Crippen molar-refractivity contribution in [3.8, 4) is 22.6 Å². The summed E-state index contributed by atoms with van der Waals surface area (Å²) in [7, 11) is 0. The number of amides is 2. The zero-order valence-electron chi connectivity index (χ0n) is 18.1. The van der Waals surface area contributed by atoms with Crippen LogP contribution in [0.25, 0.3) is 11.1 Å². The first-order chi connectivity index (χ1) is 15.8. The van der Waals surface area contributed by atoms with Crippen LogP contribution in [0.2, 0.25) is 0 Å². The van der Waals surface area contributed by atoms with E-state index in [1.54, 1.807) is 0 Å². The summed E-state index contributed by atoms with van der Waals surface area (Å²) in [5.41, 5.74) is 1.15. The van der Waals surface area contributed by atoms with Gasteiger partial charge in [-0.05, 0) is 67.3 Å². The fraction of sp³-hybridized carbons (Fsp3) is 0.273. The van der Waals surface area contributed by atoms with Gasteiger partial charge in [0.1, 0.15) is 23.6 Å². The van der Waals surface area contributed by atoms with Crippen molar-refractivity contribution in [2.24, 2.45) is 0 Å². The molecule has 182 valence electrons. The highest BCUT2D eigenvalue weighted by molar-refractivity contribution is 9.11. The number of carboxylic acid groups (broad SMARTS) is 2. The molecule has 0 radical (unpaired) electrons. The summed E-state index contributed by atoms with van der Waals surface area (Å²) >= 11 is 6.43. The van der Waals surface area contributed by atoms with Crippen LogP contribution in [0.3, 0.4) is 0 Å². The van der Waals surface area contributed by atoms with E-state index in [4.69, 9.17) is 0 Å². The predicted molar refractivity (Wildman–Crippen MR) is 128 cm³/mol. The summed E-state index contributed by atoms with van der Waals surface area (Å²) in [5, 5.41) is 44.8. The van der Waals surface area contributed by atoms with E-state index in [0.717, 1.165) is 0 Å². The second kappa shape index (κ2) is 11.3. The van der Waals surface area contributed by atoms with E-state index in [2.05, 4.69) is 42.5 Å². The lowest BCUT2D eigenvalue weighted by molar-refractivity contribution is -0.141. The number of aromatic hydroxyl groups is 2. The number of carboxylic acids is 2. The Morgan fingerprint density at radius 3 is 1.32 bits per heavy atom. The van der Waals surface area contributed by atoms with Gasteiger partial charge in [-0.1, -0.05) is 0 Å². The van der Waals surface area contributed by atoms with E-state index in [0.29, 0.717) is 11.1 Å². The Balaban J connectivity index is 2.55. The molecule has 0 aromatic heterocycles. The van der Waals surface area contributed by atoms with Crippen LogP contribution in [-0.2, 0) is 32.0 Å². The lowest BCUT2D eigenvalue weighted by Gasteiger charge is -2.18. The third kappa shape index (κ3) is 6.94. The quantitative estimate of drug-likeness (QED) is 0.254. The molecule has 0 aliphatic heterocycles. The molecule has 0 aliphatic carbocycles. The Kier molecular flexibility index (Phi) is 9.05. The van der Waals surface area contributed by atoms with Gasteiger partial charge in [-0.15, -0.1) is 0 Å². The first kappa shape index (κ1) is 27.1. The molecule has 0 saturated carbocycles. The Bertz CT molecular complexity index is 1060. The van der Waals surface area contributed by atoms with Crippen molar-refractivity contribution in [3.63, 3.8) is 0 Å². The monoisotopic (exact) mass is 600 g/mol. The lowest BCUT2D eigenvalue weighted by atomic mass is 9.95. The molecular weight excluding hydrogens is 580 g/mol. The SMILES string of the molecule is CC(=O)N[C@@H](Cc1cc(Br)c(O)c(-c2cc(C[C@H](NC(C)=O)C(=O)O)cc(Br)c2O)c1)C(=O)O. The van der Waals surface area contributed by atoms with Gasteiger partial charge in [0, 0.05) is 37.8 Å². The number of hydrogen-bond acceptors (Lipinski definition) is 6. The molecule has 34 heavy (non-hydrogen) atoms. The third-order valence-corrected chi connectivity index (χ3v) is 5.98. The van der Waals surface area contributed by atoms with Gasteiger partial charge in [-0.25, -0.2) is 9.59 Å². The predicted octanol–water partition coefficient (Wildman–Crippen LogP) is 2.55. The fourth-order valence-electron chi connectivity index (χ4n) is 3.32. The van der Waals surface area contributed by atoms with Gasteiger partial charge in [0.2, 0.25) is 11.8 Å². The van der Waals surface area contributed by atoms with Crippen molar-refractivity contribution in [1.29, 1.82) is 0 Å². The second-order valence-corrected chi connectivity index (χ2v) is 9.25. The van der Waals surface area contributed by atoms with E-state index in [1.807, 2.05) is 0 Å². The number of carbonyl (C=O) groups excluding carboxylic acids is 2. The second-order valence-electron chi connectivity index (χ2n) is 7.54. The molecule has 0 unspecified atom stereocenters. The van der Waals surface area contributed by atoms with Crippen LogP contribution in [0.1, 0.15) is 25.0 Å². The van der Waals surface area contributed by atoms with E-state index in [1.165, 1.54) is 38.1 Å². The van der Waals surface area contributed by atoms with Crippen molar-refractivity contribution in [3.05, 3.63) is 44.3 Å². The molecule has 0 fully saturated rings. The van der Waals surface area contributed by atoms with Gasteiger partial charge in [0.05, 0.1) is 8.95 Å². The van der Waals surface area contributed by atoms with E-state index in [9.17, 15) is 39.6 Å². The molecule has 12 heteroatoms. The molecule has 0 bridgehead atoms. The zero-order chi connectivity index (χ0) is 25.7. The molecule has 0 heterocycles. The first-order valence-corrected chi connectivity index (χ1v) is 11.4. The van der Waals surface area contributed by atoms with Gasteiger partial charge >= 0.3 is 11.9 Å². The molecular formula is C22H22Br2N2O8. The van der Waals surface area contributed by atoms with Crippen LogP contribution in [0.4, 0.5) is 0 Å². The molecule has 6 N–H and O–H groups in total. The summed E-state index contributed by atoms with van der Waals surface area (Å²) in [4.78, 5) is 45.7. The number of nitrogens with one attached hydrogen (secondary N) is 2. The molecule has 2 rings (SSSR count). The highest BCUT2D eigenvalue weighted by Gasteiger charge is 2.24. The van der Waals surface area contributed by atoms with Crippen LogP contribution < -0.4 is 10.6 Å². The summed E-state index contributed by atoms with van der Waals surface area (Å²) in [6.07, 6.45) is -0.210. The maximum absolute atomic E-state index is 11.5. The van der Waals surface area contributed by atoms with E-state index >= 15 is 0 Å². The van der Waals surface area contributed by atoms with Gasteiger partial charge in [-0.2, -0.15) is 0 Å². The number of phenols is 2. The average Bonchev–Trinajstić information content (AvgIpc) is 2.71. The Labute approximate surface area is 211 Å². The van der Waals surface area contributed by atoms with Gasteiger partial charge in [0.15, 0.2) is 0 Å². The van der Waals surface area contributed by atoms with Gasteiger partial charge in [0.25, 0.3) is 0 Å². The third-order valence-electron chi connectivity index (χ3n) is 4.77. The summed E-state index contributed by atoms with van der Waals surface area (Å²) in [6, 6.07) is 3.47. The molecule has 10 nitrogen and oxygen atoms in total. The minimum absolute atomic E-state index is 0.105. The largest absolute Gasteiger partial charge is 0.506 e. The van der Waals surface area contributed by atoms with Gasteiger partial charge < -0.3 is 31.1 Å². The van der Waals surface area contributed by atoms with E-state index < -0.39 is 35.8 Å². The van der Waals surface area contributed by atoms with Gasteiger partial charge in [-0.3, -0.25) is 9.59 Å². The smallest absolute Gasteiger partial charge is 0.326 e. The number of hydrogen-bond donors (Lipinski definition) is 6. The number of phenolic OH excluding ortho intramolecular Hbond substituents is 2. The van der Waals surface area contributed by atoms with Crippen LogP contribution in [0.5, 0.6) is 11.5 Å². The maximum atomic E-state index is 11.5. The summed E-state index contributed by atoms with van der Waals surface area (Å²) in [5.74, 6) is -4.02. The minimum Gasteiger partial charge on any atom is -0.506 e. The number of aliphatic carboxylic acids is 2. The lowest BCUT2D eigenvalue weighted by Crippen LogP contribution is -2.41. The zero-order valence-corrected chi connectivity index (χ0v) is 21.2. The Morgan fingerprint density at radius 2 is 1.06 bits per heavy atom. The number of rotatable bonds is 9. The molecule has 0 aliphatic rings. The minimum atomic E-state index is -1.24. The molecule has 2 aromatic rings. The first-order valence-electron chi connectivity index (χ1n) is 9.83. The van der Waals surface area contributed by atoms with Crippen molar-refractivity contribution in [2.45, 2.75) is 38.8 Å². The maximum Gasteiger partial charge on any atom is 0.326 e. The highest BCUT2D eigenvalue weighted by Crippen LogP contribution is 2.44.